The molecule has 4 nitrogen and oxygen atoms in total. The molecule has 0 heterocycles. The molecule has 0 bridgehead atoms. The Kier molecular flexibility index (Phi) is 5.55. The Balaban J connectivity index is 1.69. The Morgan fingerprint density at radius 1 is 1.33 bits per heavy atom. The molecule has 112 valence electrons. The molecule has 0 saturated heterocycles. The van der Waals surface area contributed by atoms with Gasteiger partial charge in [0.05, 0.1) is 12.5 Å². The fourth-order valence-corrected chi connectivity index (χ4v) is 2.39. The van der Waals surface area contributed by atoms with Crippen LogP contribution >= 0.6 is 0 Å². The van der Waals surface area contributed by atoms with E-state index in [1.165, 1.54) is 0 Å². The number of benzene rings is 1. The highest BCUT2D eigenvalue weighted by molar-refractivity contribution is 5.80. The van der Waals surface area contributed by atoms with Crippen LogP contribution in [0.25, 0.3) is 0 Å². The Bertz CT molecular complexity index is 510. The van der Waals surface area contributed by atoms with Gasteiger partial charge in [-0.2, -0.15) is 0 Å². The van der Waals surface area contributed by atoms with E-state index in [0.717, 1.165) is 18.4 Å². The van der Waals surface area contributed by atoms with Crippen LogP contribution in [0.5, 0.6) is 0 Å². The standard InChI is InChI=1S/C17H21NO3/c1-13(15-9-3-2-4-10-15)18-16(19)12-21-17(20)11-14-7-5-6-8-14/h2-5,7,9-10,13-14H,6,8,11-12H2,1H3,(H,18,19)/t13-,14-/m0/s1. The molecule has 1 aromatic carbocycles. The second kappa shape index (κ2) is 7.62. The summed E-state index contributed by atoms with van der Waals surface area (Å²) in [6.07, 6.45) is 6.49. The second-order valence-electron chi connectivity index (χ2n) is 5.33. The topological polar surface area (TPSA) is 55.4 Å². The zero-order chi connectivity index (χ0) is 15.1. The molecule has 0 radical (unpaired) electrons. The molecular formula is C17H21NO3. The van der Waals surface area contributed by atoms with Gasteiger partial charge in [0.15, 0.2) is 6.61 Å². The first-order valence-corrected chi connectivity index (χ1v) is 7.31. The van der Waals surface area contributed by atoms with Gasteiger partial charge in [-0.15, -0.1) is 0 Å². The molecule has 0 saturated carbocycles. The Labute approximate surface area is 125 Å². The fourth-order valence-electron chi connectivity index (χ4n) is 2.39. The number of carbonyl (C=O) groups is 2. The van der Waals surface area contributed by atoms with Crippen LogP contribution < -0.4 is 5.32 Å². The molecule has 21 heavy (non-hydrogen) atoms. The Morgan fingerprint density at radius 3 is 2.76 bits per heavy atom. The van der Waals surface area contributed by atoms with Crippen molar-refractivity contribution in [1.82, 2.24) is 5.32 Å². The van der Waals surface area contributed by atoms with Gasteiger partial charge in [-0.1, -0.05) is 42.5 Å². The molecule has 0 aromatic heterocycles. The maximum Gasteiger partial charge on any atom is 0.306 e. The van der Waals surface area contributed by atoms with Crippen LogP contribution in [0, 0.1) is 5.92 Å². The zero-order valence-corrected chi connectivity index (χ0v) is 12.2. The van der Waals surface area contributed by atoms with E-state index in [0.29, 0.717) is 6.42 Å². The minimum atomic E-state index is -0.311. The molecule has 1 aromatic rings. The molecule has 0 spiro atoms. The van der Waals surface area contributed by atoms with Crippen molar-refractivity contribution in [1.29, 1.82) is 0 Å². The predicted molar refractivity (Wildman–Crippen MR) is 80.4 cm³/mol. The van der Waals surface area contributed by atoms with Crippen molar-refractivity contribution >= 4 is 11.9 Å². The molecule has 1 amide bonds. The van der Waals surface area contributed by atoms with Gasteiger partial charge < -0.3 is 10.1 Å². The summed E-state index contributed by atoms with van der Waals surface area (Å²) in [6, 6.07) is 9.57. The number of hydrogen-bond donors (Lipinski definition) is 1. The van der Waals surface area contributed by atoms with Crippen molar-refractivity contribution < 1.29 is 14.3 Å². The van der Waals surface area contributed by atoms with Gasteiger partial charge in [-0.25, -0.2) is 0 Å². The molecule has 0 fully saturated rings. The second-order valence-corrected chi connectivity index (χ2v) is 5.33. The van der Waals surface area contributed by atoms with Crippen molar-refractivity contribution in [2.75, 3.05) is 6.61 Å². The van der Waals surface area contributed by atoms with Crippen LogP contribution in [-0.2, 0) is 14.3 Å². The summed E-state index contributed by atoms with van der Waals surface area (Å²) in [6.45, 7) is 1.69. The van der Waals surface area contributed by atoms with Gasteiger partial charge >= 0.3 is 5.97 Å². The summed E-state index contributed by atoms with van der Waals surface area (Å²) < 4.78 is 5.02. The maximum absolute atomic E-state index is 11.8. The molecule has 1 N–H and O–H groups in total. The number of hydrogen-bond acceptors (Lipinski definition) is 3. The normalized spacial score (nSPS) is 18.2. The van der Waals surface area contributed by atoms with E-state index in [9.17, 15) is 9.59 Å². The van der Waals surface area contributed by atoms with Gasteiger partial charge in [-0.05, 0) is 31.2 Å². The number of nitrogens with one attached hydrogen (secondary N) is 1. The summed E-state index contributed by atoms with van der Waals surface area (Å²) in [5, 5.41) is 2.82. The lowest BCUT2D eigenvalue weighted by Gasteiger charge is -2.14. The van der Waals surface area contributed by atoms with Crippen molar-refractivity contribution in [3.05, 3.63) is 48.0 Å². The number of carbonyl (C=O) groups excluding carboxylic acids is 2. The Hall–Kier alpha value is -2.10. The summed E-state index contributed by atoms with van der Waals surface area (Å²) in [5.41, 5.74) is 1.02. The third-order valence-corrected chi connectivity index (χ3v) is 3.58. The van der Waals surface area contributed by atoms with E-state index in [4.69, 9.17) is 4.74 Å². The third-order valence-electron chi connectivity index (χ3n) is 3.58. The first-order chi connectivity index (χ1) is 10.1. The number of rotatable bonds is 6. The van der Waals surface area contributed by atoms with Crippen molar-refractivity contribution in [2.24, 2.45) is 5.92 Å². The average Bonchev–Trinajstić information content (AvgIpc) is 2.99. The van der Waals surface area contributed by atoms with Crippen LogP contribution in [0.15, 0.2) is 42.5 Å². The summed E-state index contributed by atoms with van der Waals surface area (Å²) in [7, 11) is 0. The molecule has 0 aliphatic heterocycles. The number of allylic oxidation sites excluding steroid dienone is 2. The molecule has 1 aliphatic rings. The lowest BCUT2D eigenvalue weighted by Crippen LogP contribution is -2.31. The highest BCUT2D eigenvalue weighted by Crippen LogP contribution is 2.20. The van der Waals surface area contributed by atoms with Gasteiger partial charge in [0.2, 0.25) is 0 Å². The summed E-state index contributed by atoms with van der Waals surface area (Å²) in [5.74, 6) is -0.320. The van der Waals surface area contributed by atoms with Gasteiger partial charge in [0.1, 0.15) is 0 Å². The zero-order valence-electron chi connectivity index (χ0n) is 12.2. The minimum absolute atomic E-state index is 0.102. The molecule has 1 aliphatic carbocycles. The summed E-state index contributed by atoms with van der Waals surface area (Å²) >= 11 is 0. The van der Waals surface area contributed by atoms with E-state index in [2.05, 4.69) is 11.4 Å². The van der Waals surface area contributed by atoms with E-state index in [1.807, 2.05) is 43.3 Å². The third kappa shape index (κ3) is 5.06. The highest BCUT2D eigenvalue weighted by atomic mass is 16.5. The fraction of sp³-hybridized carbons (Fsp3) is 0.412. The van der Waals surface area contributed by atoms with Crippen molar-refractivity contribution in [2.45, 2.75) is 32.2 Å². The molecule has 2 atom stereocenters. The maximum atomic E-state index is 11.8. The molecule has 4 heteroatoms. The lowest BCUT2D eigenvalue weighted by molar-refractivity contribution is -0.149. The highest BCUT2D eigenvalue weighted by Gasteiger charge is 2.16. The van der Waals surface area contributed by atoms with Crippen molar-refractivity contribution in [3.63, 3.8) is 0 Å². The summed E-state index contributed by atoms with van der Waals surface area (Å²) in [4.78, 5) is 23.4. The molecule has 2 rings (SSSR count). The van der Waals surface area contributed by atoms with Gasteiger partial charge in [-0.3, -0.25) is 9.59 Å². The van der Waals surface area contributed by atoms with E-state index in [-0.39, 0.29) is 30.4 Å². The van der Waals surface area contributed by atoms with Crippen molar-refractivity contribution in [3.8, 4) is 0 Å². The quantitative estimate of drug-likeness (QED) is 0.646. The van der Waals surface area contributed by atoms with Gasteiger partial charge in [0.25, 0.3) is 5.91 Å². The van der Waals surface area contributed by atoms with Crippen LogP contribution in [0.1, 0.15) is 37.8 Å². The first kappa shape index (κ1) is 15.3. The van der Waals surface area contributed by atoms with E-state index < -0.39 is 0 Å². The van der Waals surface area contributed by atoms with Crippen LogP contribution in [0.2, 0.25) is 0 Å². The van der Waals surface area contributed by atoms with E-state index in [1.54, 1.807) is 0 Å². The van der Waals surface area contributed by atoms with Crippen LogP contribution in [0.3, 0.4) is 0 Å². The minimum Gasteiger partial charge on any atom is -0.456 e. The van der Waals surface area contributed by atoms with Crippen LogP contribution in [-0.4, -0.2) is 18.5 Å². The number of ether oxygens (including phenoxy) is 1. The first-order valence-electron chi connectivity index (χ1n) is 7.31. The van der Waals surface area contributed by atoms with Gasteiger partial charge in [0, 0.05) is 0 Å². The lowest BCUT2D eigenvalue weighted by atomic mass is 10.1. The predicted octanol–water partition coefficient (Wildman–Crippen LogP) is 2.76. The number of amides is 1. The van der Waals surface area contributed by atoms with E-state index >= 15 is 0 Å². The molecule has 0 unspecified atom stereocenters. The number of esters is 1. The molecular weight excluding hydrogens is 266 g/mol. The Morgan fingerprint density at radius 2 is 2.10 bits per heavy atom. The monoisotopic (exact) mass is 287 g/mol. The largest absolute Gasteiger partial charge is 0.456 e. The average molecular weight is 287 g/mol. The smallest absolute Gasteiger partial charge is 0.306 e. The van der Waals surface area contributed by atoms with Crippen LogP contribution in [0.4, 0.5) is 0 Å². The SMILES string of the molecule is C[C@H](NC(=O)COC(=O)C[C@H]1C=CCC1)c1ccccc1.